The number of amides is 1. The summed E-state index contributed by atoms with van der Waals surface area (Å²) in [6.07, 6.45) is 2.58. The lowest BCUT2D eigenvalue weighted by atomic mass is 10.1. The summed E-state index contributed by atoms with van der Waals surface area (Å²) in [5.74, 6) is -0.172. The molecule has 0 radical (unpaired) electrons. The number of benzene rings is 2. The van der Waals surface area contributed by atoms with Gasteiger partial charge in [0.15, 0.2) is 17.2 Å². The number of hydrogen-bond acceptors (Lipinski definition) is 4. The molecule has 6 nitrogen and oxygen atoms in total. The molecule has 2 heterocycles. The van der Waals surface area contributed by atoms with E-state index in [-0.39, 0.29) is 5.69 Å². The first-order valence-electron chi connectivity index (χ1n) is 8.37. The zero-order chi connectivity index (χ0) is 18.1. The van der Waals surface area contributed by atoms with E-state index in [1.807, 2.05) is 59.2 Å². The number of hydrogen-bond donors (Lipinski definition) is 1. The smallest absolute Gasteiger partial charge is 0.269 e. The van der Waals surface area contributed by atoms with Gasteiger partial charge in [-0.05, 0) is 24.1 Å². The Morgan fingerprint density at radius 3 is 2.42 bits per heavy atom. The summed E-state index contributed by atoms with van der Waals surface area (Å²) in [6, 6.07) is 17.7. The maximum atomic E-state index is 11.9. The molecule has 0 atom stereocenters. The van der Waals surface area contributed by atoms with E-state index in [4.69, 9.17) is 5.73 Å². The number of para-hydroxylation sites is 1. The second-order valence-corrected chi connectivity index (χ2v) is 5.93. The maximum Gasteiger partial charge on any atom is 0.269 e. The molecule has 0 unspecified atom stereocenters. The van der Waals surface area contributed by atoms with E-state index < -0.39 is 5.91 Å². The van der Waals surface area contributed by atoms with Crippen LogP contribution in [-0.2, 0) is 6.42 Å². The second-order valence-electron chi connectivity index (χ2n) is 5.93. The Morgan fingerprint density at radius 2 is 1.77 bits per heavy atom. The first-order valence-corrected chi connectivity index (χ1v) is 8.37. The van der Waals surface area contributed by atoms with Gasteiger partial charge in [0.2, 0.25) is 0 Å². The summed E-state index contributed by atoms with van der Waals surface area (Å²) in [4.78, 5) is 25.3. The van der Waals surface area contributed by atoms with Gasteiger partial charge in [0.1, 0.15) is 11.8 Å². The van der Waals surface area contributed by atoms with Gasteiger partial charge in [0.25, 0.3) is 5.91 Å². The minimum absolute atomic E-state index is 0.124. The van der Waals surface area contributed by atoms with Crippen molar-refractivity contribution < 1.29 is 4.79 Å². The van der Waals surface area contributed by atoms with Gasteiger partial charge in [0.05, 0.1) is 0 Å². The normalized spacial score (nSPS) is 11.0. The third-order valence-electron chi connectivity index (χ3n) is 4.28. The predicted molar refractivity (Wildman–Crippen MR) is 100.0 cm³/mol. The van der Waals surface area contributed by atoms with Crippen molar-refractivity contribution in [1.29, 1.82) is 0 Å². The Labute approximate surface area is 150 Å². The summed E-state index contributed by atoms with van der Waals surface area (Å²) >= 11 is 0. The number of aromatic nitrogens is 4. The number of fused-ring (bicyclic) bond motifs is 1. The Morgan fingerprint density at radius 1 is 1.04 bits per heavy atom. The van der Waals surface area contributed by atoms with E-state index in [1.54, 1.807) is 6.33 Å². The average molecular weight is 343 g/mol. The van der Waals surface area contributed by atoms with E-state index in [2.05, 4.69) is 21.9 Å². The van der Waals surface area contributed by atoms with Crippen LogP contribution >= 0.6 is 0 Å². The highest BCUT2D eigenvalue weighted by Crippen LogP contribution is 2.23. The van der Waals surface area contributed by atoms with Crippen LogP contribution in [0.4, 0.5) is 0 Å². The number of rotatable bonds is 4. The van der Waals surface area contributed by atoms with Gasteiger partial charge < -0.3 is 5.73 Å². The van der Waals surface area contributed by atoms with Crippen molar-refractivity contribution in [3.05, 3.63) is 72.2 Å². The third kappa shape index (κ3) is 2.71. The molecule has 0 aliphatic rings. The third-order valence-corrected chi connectivity index (χ3v) is 4.28. The first kappa shape index (κ1) is 16.0. The van der Waals surface area contributed by atoms with Crippen molar-refractivity contribution >= 4 is 17.1 Å². The van der Waals surface area contributed by atoms with Crippen LogP contribution in [0, 0.1) is 0 Å². The molecule has 128 valence electrons. The van der Waals surface area contributed by atoms with Crippen LogP contribution in [0.3, 0.4) is 0 Å². The van der Waals surface area contributed by atoms with E-state index >= 15 is 0 Å². The molecule has 0 bridgehead atoms. The van der Waals surface area contributed by atoms with E-state index in [0.29, 0.717) is 17.0 Å². The van der Waals surface area contributed by atoms with Gasteiger partial charge in [0, 0.05) is 11.3 Å². The van der Waals surface area contributed by atoms with E-state index in [9.17, 15) is 4.79 Å². The van der Waals surface area contributed by atoms with Crippen LogP contribution in [-0.4, -0.2) is 25.4 Å². The topological polar surface area (TPSA) is 86.7 Å². The molecule has 2 aromatic carbocycles. The quantitative estimate of drug-likeness (QED) is 0.617. The molecule has 0 fully saturated rings. The molecule has 0 aliphatic carbocycles. The minimum Gasteiger partial charge on any atom is -0.364 e. The fraction of sp³-hybridized carbons (Fsp3) is 0.100. The molecule has 0 saturated heterocycles. The molecule has 4 aromatic rings. The van der Waals surface area contributed by atoms with Gasteiger partial charge in [-0.25, -0.2) is 15.0 Å². The number of carbonyl (C=O) groups excluding carboxylic acids is 1. The molecule has 2 N–H and O–H groups in total. The Hall–Kier alpha value is -3.54. The fourth-order valence-corrected chi connectivity index (χ4v) is 2.87. The SMILES string of the molecule is CCc1ccc(-c2nc(C(N)=O)c3ncn(-c4ccccc4)c3n2)cc1. The first-order chi connectivity index (χ1) is 12.7. The van der Waals surface area contributed by atoms with Gasteiger partial charge >= 0.3 is 0 Å². The molecule has 2 aromatic heterocycles. The molecular formula is C20H17N5O. The molecule has 0 aliphatic heterocycles. The standard InChI is InChI=1S/C20H17N5O/c1-2-13-8-10-14(11-9-13)19-23-16(18(21)26)17-20(24-19)25(12-22-17)15-6-4-3-5-7-15/h3-12H,2H2,1H3,(H2,21,26). The van der Waals surface area contributed by atoms with Crippen LogP contribution in [0.1, 0.15) is 23.0 Å². The molecule has 4 rings (SSSR count). The maximum absolute atomic E-state index is 11.9. The van der Waals surface area contributed by atoms with Crippen LogP contribution in [0.2, 0.25) is 0 Å². The highest BCUT2D eigenvalue weighted by Gasteiger charge is 2.18. The largest absolute Gasteiger partial charge is 0.364 e. The molecule has 1 amide bonds. The highest BCUT2D eigenvalue weighted by atomic mass is 16.1. The zero-order valence-electron chi connectivity index (χ0n) is 14.3. The van der Waals surface area contributed by atoms with Crippen molar-refractivity contribution in [3.8, 4) is 17.1 Å². The van der Waals surface area contributed by atoms with Gasteiger partial charge in [-0.2, -0.15) is 0 Å². The number of aryl methyl sites for hydroxylation is 1. The molecule has 0 spiro atoms. The minimum atomic E-state index is -0.623. The number of nitrogens with two attached hydrogens (primary N) is 1. The Balaban J connectivity index is 1.95. The van der Waals surface area contributed by atoms with Crippen molar-refractivity contribution in [2.45, 2.75) is 13.3 Å². The van der Waals surface area contributed by atoms with Crippen molar-refractivity contribution in [1.82, 2.24) is 19.5 Å². The fourth-order valence-electron chi connectivity index (χ4n) is 2.87. The van der Waals surface area contributed by atoms with Crippen LogP contribution in [0.25, 0.3) is 28.2 Å². The summed E-state index contributed by atoms with van der Waals surface area (Å²) in [6.45, 7) is 2.10. The second kappa shape index (κ2) is 6.40. The summed E-state index contributed by atoms with van der Waals surface area (Å²) in [5.41, 5.74) is 9.56. The summed E-state index contributed by atoms with van der Waals surface area (Å²) in [7, 11) is 0. The van der Waals surface area contributed by atoms with Crippen molar-refractivity contribution in [3.63, 3.8) is 0 Å². The van der Waals surface area contributed by atoms with Gasteiger partial charge in [-0.1, -0.05) is 49.4 Å². The lowest BCUT2D eigenvalue weighted by Crippen LogP contribution is -2.15. The highest BCUT2D eigenvalue weighted by molar-refractivity contribution is 6.02. The predicted octanol–water partition coefficient (Wildman–Crippen LogP) is 3.14. The number of nitrogens with zero attached hydrogens (tertiary/aromatic N) is 4. The number of imidazole rings is 1. The lowest BCUT2D eigenvalue weighted by molar-refractivity contribution is 0.0997. The number of primary amides is 1. The van der Waals surface area contributed by atoms with E-state index in [0.717, 1.165) is 17.7 Å². The lowest BCUT2D eigenvalue weighted by Gasteiger charge is -2.07. The summed E-state index contributed by atoms with van der Waals surface area (Å²) < 4.78 is 1.83. The molecule has 26 heavy (non-hydrogen) atoms. The van der Waals surface area contributed by atoms with Gasteiger partial charge in [-0.15, -0.1) is 0 Å². The van der Waals surface area contributed by atoms with E-state index in [1.165, 1.54) is 5.56 Å². The summed E-state index contributed by atoms with van der Waals surface area (Å²) in [5, 5.41) is 0. The van der Waals surface area contributed by atoms with Crippen molar-refractivity contribution in [2.24, 2.45) is 5.73 Å². The molecule has 0 saturated carbocycles. The zero-order valence-corrected chi connectivity index (χ0v) is 14.3. The monoisotopic (exact) mass is 343 g/mol. The van der Waals surface area contributed by atoms with Gasteiger partial charge in [-0.3, -0.25) is 9.36 Å². The molecular weight excluding hydrogens is 326 g/mol. The van der Waals surface area contributed by atoms with Crippen molar-refractivity contribution in [2.75, 3.05) is 0 Å². The van der Waals surface area contributed by atoms with Crippen LogP contribution in [0.5, 0.6) is 0 Å². The Bertz CT molecular complexity index is 1080. The average Bonchev–Trinajstić information content (AvgIpc) is 3.12. The Kier molecular flexibility index (Phi) is 3.93. The molecule has 6 heteroatoms. The number of carbonyl (C=O) groups is 1. The van der Waals surface area contributed by atoms with Crippen LogP contribution < -0.4 is 5.73 Å². The van der Waals surface area contributed by atoms with Crippen LogP contribution in [0.15, 0.2) is 60.9 Å².